The molecule has 1 aliphatic rings. The van der Waals surface area contributed by atoms with Gasteiger partial charge in [0.1, 0.15) is 5.75 Å². The third kappa shape index (κ3) is 1.65. The molecule has 86 valence electrons. The molecule has 2 rings (SSSR count). The van der Waals surface area contributed by atoms with Gasteiger partial charge >= 0.3 is 0 Å². The number of para-hydroxylation sites is 2. The van der Waals surface area contributed by atoms with Crippen LogP contribution in [0.4, 0.5) is 5.69 Å². The number of fused-ring (bicyclic) bond motifs is 1. The van der Waals surface area contributed by atoms with Crippen molar-refractivity contribution in [3.63, 3.8) is 0 Å². The molecular formula is C12H16N2O2. The summed E-state index contributed by atoms with van der Waals surface area (Å²) in [6.45, 7) is 3.58. The van der Waals surface area contributed by atoms with Gasteiger partial charge in [0.2, 0.25) is 0 Å². The zero-order chi connectivity index (χ0) is 11.9. The van der Waals surface area contributed by atoms with E-state index in [1.807, 2.05) is 24.3 Å². The third-order valence-corrected chi connectivity index (χ3v) is 2.70. The normalized spacial score (nSPS) is 20.4. The lowest BCUT2D eigenvalue weighted by Crippen LogP contribution is -2.58. The fourth-order valence-corrected chi connectivity index (χ4v) is 1.78. The number of benzene rings is 1. The van der Waals surface area contributed by atoms with Gasteiger partial charge < -0.3 is 15.4 Å². The molecule has 4 heteroatoms. The van der Waals surface area contributed by atoms with Gasteiger partial charge in [-0.2, -0.15) is 0 Å². The van der Waals surface area contributed by atoms with Crippen molar-refractivity contribution in [2.45, 2.75) is 25.5 Å². The van der Waals surface area contributed by atoms with Gasteiger partial charge in [0, 0.05) is 7.05 Å². The molecule has 1 aromatic rings. The Bertz CT molecular complexity index is 423. The second-order valence-corrected chi connectivity index (χ2v) is 4.68. The lowest BCUT2D eigenvalue weighted by molar-refractivity contribution is -0.128. The Hall–Kier alpha value is -1.55. The molecule has 1 heterocycles. The van der Waals surface area contributed by atoms with Gasteiger partial charge in [0.15, 0.2) is 6.10 Å². The van der Waals surface area contributed by atoms with Gasteiger partial charge in [-0.1, -0.05) is 12.1 Å². The highest BCUT2D eigenvalue weighted by atomic mass is 16.5. The quantitative estimate of drug-likeness (QED) is 0.772. The molecule has 1 unspecified atom stereocenters. The summed E-state index contributed by atoms with van der Waals surface area (Å²) >= 11 is 0. The standard InChI is InChI=1S/C12H16N2O2/c1-12(2,13)10-11(15)14(3)8-6-4-5-7-9(8)16-10/h4-7,10H,13H2,1-3H3. The number of carbonyl (C=O) groups excluding carboxylic acids is 1. The van der Waals surface area contributed by atoms with Gasteiger partial charge in [0.05, 0.1) is 11.2 Å². The van der Waals surface area contributed by atoms with E-state index in [9.17, 15) is 4.79 Å². The Morgan fingerprint density at radius 1 is 1.38 bits per heavy atom. The van der Waals surface area contributed by atoms with Crippen molar-refractivity contribution < 1.29 is 9.53 Å². The van der Waals surface area contributed by atoms with Crippen molar-refractivity contribution in [2.24, 2.45) is 5.73 Å². The van der Waals surface area contributed by atoms with Crippen LogP contribution in [-0.2, 0) is 4.79 Å². The molecule has 0 aromatic heterocycles. The van der Waals surface area contributed by atoms with E-state index < -0.39 is 11.6 Å². The number of nitrogens with zero attached hydrogens (tertiary/aromatic N) is 1. The number of carbonyl (C=O) groups is 1. The predicted octanol–water partition coefficient (Wildman–Crippen LogP) is 1.15. The number of nitrogens with two attached hydrogens (primary N) is 1. The summed E-state index contributed by atoms with van der Waals surface area (Å²) in [6, 6.07) is 7.45. The Morgan fingerprint density at radius 2 is 2.00 bits per heavy atom. The van der Waals surface area contributed by atoms with Crippen LogP contribution in [0.5, 0.6) is 5.75 Å². The molecule has 16 heavy (non-hydrogen) atoms. The molecule has 0 radical (unpaired) electrons. The summed E-state index contributed by atoms with van der Waals surface area (Å²) in [4.78, 5) is 13.7. The van der Waals surface area contributed by atoms with Crippen molar-refractivity contribution in [3.8, 4) is 5.75 Å². The second-order valence-electron chi connectivity index (χ2n) is 4.68. The lowest BCUT2D eigenvalue weighted by atomic mass is 9.96. The first-order chi connectivity index (χ1) is 7.41. The Labute approximate surface area is 95.0 Å². The zero-order valence-corrected chi connectivity index (χ0v) is 9.73. The van der Waals surface area contributed by atoms with Gasteiger partial charge in [-0.05, 0) is 26.0 Å². The molecule has 0 spiro atoms. The number of hydrogen-bond acceptors (Lipinski definition) is 3. The molecule has 1 aromatic carbocycles. The minimum atomic E-state index is -0.696. The fraction of sp³-hybridized carbons (Fsp3) is 0.417. The molecule has 0 fully saturated rings. The first-order valence-corrected chi connectivity index (χ1v) is 5.23. The van der Waals surface area contributed by atoms with Gasteiger partial charge in [0.25, 0.3) is 5.91 Å². The van der Waals surface area contributed by atoms with Crippen LogP contribution in [0.1, 0.15) is 13.8 Å². The van der Waals surface area contributed by atoms with Crippen LogP contribution in [0.2, 0.25) is 0 Å². The summed E-state index contributed by atoms with van der Waals surface area (Å²) in [7, 11) is 1.74. The molecule has 0 aliphatic carbocycles. The highest BCUT2D eigenvalue weighted by molar-refractivity contribution is 6.00. The van der Waals surface area contributed by atoms with E-state index in [4.69, 9.17) is 10.5 Å². The van der Waals surface area contributed by atoms with E-state index >= 15 is 0 Å². The molecule has 4 nitrogen and oxygen atoms in total. The van der Waals surface area contributed by atoms with Crippen LogP contribution >= 0.6 is 0 Å². The van der Waals surface area contributed by atoms with E-state index in [0.717, 1.165) is 5.69 Å². The van der Waals surface area contributed by atoms with Crippen molar-refractivity contribution >= 4 is 11.6 Å². The topological polar surface area (TPSA) is 55.6 Å². The Morgan fingerprint density at radius 3 is 2.62 bits per heavy atom. The van der Waals surface area contributed by atoms with E-state index in [1.165, 1.54) is 0 Å². The number of rotatable bonds is 1. The zero-order valence-electron chi connectivity index (χ0n) is 9.73. The van der Waals surface area contributed by atoms with E-state index in [2.05, 4.69) is 0 Å². The van der Waals surface area contributed by atoms with Crippen LogP contribution in [0.25, 0.3) is 0 Å². The number of ether oxygens (including phenoxy) is 1. The average Bonchev–Trinajstić information content (AvgIpc) is 2.22. The largest absolute Gasteiger partial charge is 0.476 e. The van der Waals surface area contributed by atoms with Crippen molar-refractivity contribution in [1.82, 2.24) is 0 Å². The summed E-state index contributed by atoms with van der Waals surface area (Å²) in [5.74, 6) is 0.597. The van der Waals surface area contributed by atoms with E-state index in [1.54, 1.807) is 25.8 Å². The number of amides is 1. The lowest BCUT2D eigenvalue weighted by Gasteiger charge is -2.37. The van der Waals surface area contributed by atoms with Crippen molar-refractivity contribution in [2.75, 3.05) is 11.9 Å². The average molecular weight is 220 g/mol. The molecule has 0 saturated heterocycles. The summed E-state index contributed by atoms with van der Waals surface area (Å²) in [6.07, 6.45) is -0.632. The van der Waals surface area contributed by atoms with Gasteiger partial charge in [-0.3, -0.25) is 4.79 Å². The van der Waals surface area contributed by atoms with Crippen LogP contribution in [0.3, 0.4) is 0 Å². The maximum absolute atomic E-state index is 12.1. The van der Waals surface area contributed by atoms with Crippen LogP contribution in [0, 0.1) is 0 Å². The molecule has 1 amide bonds. The van der Waals surface area contributed by atoms with E-state index in [-0.39, 0.29) is 5.91 Å². The van der Waals surface area contributed by atoms with E-state index in [0.29, 0.717) is 5.75 Å². The molecule has 2 N–H and O–H groups in total. The fourth-order valence-electron chi connectivity index (χ4n) is 1.78. The number of likely N-dealkylation sites (N-methyl/N-ethyl adjacent to an activating group) is 1. The van der Waals surface area contributed by atoms with Crippen molar-refractivity contribution in [1.29, 1.82) is 0 Å². The molecule has 0 bridgehead atoms. The SMILES string of the molecule is CN1C(=O)C(C(C)(C)N)Oc2ccccc21. The first kappa shape index (κ1) is 11.0. The highest BCUT2D eigenvalue weighted by Gasteiger charge is 2.40. The molecule has 0 saturated carbocycles. The van der Waals surface area contributed by atoms with Crippen molar-refractivity contribution in [3.05, 3.63) is 24.3 Å². The molecule has 1 aliphatic heterocycles. The molecule has 1 atom stereocenters. The van der Waals surface area contributed by atoms with Crippen LogP contribution in [0.15, 0.2) is 24.3 Å². The number of anilines is 1. The third-order valence-electron chi connectivity index (χ3n) is 2.70. The highest BCUT2D eigenvalue weighted by Crippen LogP contribution is 2.34. The minimum Gasteiger partial charge on any atom is -0.476 e. The first-order valence-electron chi connectivity index (χ1n) is 5.23. The Kier molecular flexibility index (Phi) is 2.39. The summed E-state index contributed by atoms with van der Waals surface area (Å²) in [5.41, 5.74) is 6.04. The minimum absolute atomic E-state index is 0.105. The summed E-state index contributed by atoms with van der Waals surface area (Å²) in [5, 5.41) is 0. The number of hydrogen-bond donors (Lipinski definition) is 1. The maximum Gasteiger partial charge on any atom is 0.269 e. The summed E-state index contributed by atoms with van der Waals surface area (Å²) < 4.78 is 5.66. The second kappa shape index (κ2) is 3.49. The monoisotopic (exact) mass is 220 g/mol. The van der Waals surface area contributed by atoms with Gasteiger partial charge in [-0.15, -0.1) is 0 Å². The predicted molar refractivity (Wildman–Crippen MR) is 62.5 cm³/mol. The maximum atomic E-state index is 12.1. The van der Waals surface area contributed by atoms with Gasteiger partial charge in [-0.25, -0.2) is 0 Å². The van der Waals surface area contributed by atoms with Crippen LogP contribution in [-0.4, -0.2) is 24.6 Å². The van der Waals surface area contributed by atoms with Crippen LogP contribution < -0.4 is 15.4 Å². The smallest absolute Gasteiger partial charge is 0.269 e. The molecular weight excluding hydrogens is 204 g/mol. The Balaban J connectivity index is 2.44.